The summed E-state index contributed by atoms with van der Waals surface area (Å²) in [6.07, 6.45) is -0.0660. The lowest BCUT2D eigenvalue weighted by molar-refractivity contribution is -0.116. The van der Waals surface area contributed by atoms with Gasteiger partial charge in [0.15, 0.2) is 0 Å². The third kappa shape index (κ3) is 4.56. The first kappa shape index (κ1) is 22.8. The number of hydrogen-bond donors (Lipinski definition) is 1. The Morgan fingerprint density at radius 1 is 1.21 bits per heavy atom. The molecule has 1 N–H and O–H groups in total. The largest absolute Gasteiger partial charge is 0.297 e. The van der Waals surface area contributed by atoms with Gasteiger partial charge in [0, 0.05) is 18.5 Å². The summed E-state index contributed by atoms with van der Waals surface area (Å²) in [6.45, 7) is 11.4. The molecule has 8 nitrogen and oxygen atoms in total. The van der Waals surface area contributed by atoms with Crippen molar-refractivity contribution in [1.82, 2.24) is 9.62 Å². The van der Waals surface area contributed by atoms with Gasteiger partial charge >= 0.3 is 0 Å². The summed E-state index contributed by atoms with van der Waals surface area (Å²) in [5.41, 5.74) is 0.184. The van der Waals surface area contributed by atoms with Crippen molar-refractivity contribution >= 4 is 31.6 Å². The first-order valence-electron chi connectivity index (χ1n) is 9.27. The second-order valence-corrected chi connectivity index (χ2v) is 11.2. The van der Waals surface area contributed by atoms with Gasteiger partial charge in [0.2, 0.25) is 26.0 Å². The van der Waals surface area contributed by atoms with Crippen LogP contribution in [0.25, 0.3) is 0 Å². The number of amides is 1. The van der Waals surface area contributed by atoms with Gasteiger partial charge in [-0.1, -0.05) is 13.8 Å². The summed E-state index contributed by atoms with van der Waals surface area (Å²) in [5, 5.41) is 0. The molecule has 1 aromatic rings. The van der Waals surface area contributed by atoms with Crippen molar-refractivity contribution in [3.63, 3.8) is 0 Å². The van der Waals surface area contributed by atoms with Gasteiger partial charge in [0.1, 0.15) is 0 Å². The molecular weight excluding hydrogens is 402 g/mol. The summed E-state index contributed by atoms with van der Waals surface area (Å²) in [5.74, 6) is -0.735. The fourth-order valence-corrected chi connectivity index (χ4v) is 6.35. The zero-order valence-corrected chi connectivity index (χ0v) is 18.7. The molecule has 0 saturated carbocycles. The predicted molar refractivity (Wildman–Crippen MR) is 109 cm³/mol. The van der Waals surface area contributed by atoms with Crippen molar-refractivity contribution in [3.8, 4) is 0 Å². The lowest BCUT2D eigenvalue weighted by atomic mass is 10.0. The molecule has 1 saturated heterocycles. The number of carbonyl (C=O) groups excluding carboxylic acids is 1. The van der Waals surface area contributed by atoms with Crippen molar-refractivity contribution in [2.24, 2.45) is 0 Å². The van der Waals surface area contributed by atoms with E-state index in [1.54, 1.807) is 6.92 Å². The second kappa shape index (κ2) is 8.10. The number of hydrogen-bond acceptors (Lipinski definition) is 6. The fourth-order valence-electron chi connectivity index (χ4n) is 3.47. The second-order valence-electron chi connectivity index (χ2n) is 7.48. The maximum atomic E-state index is 12.8. The first-order valence-corrected chi connectivity index (χ1v) is 12.4. The number of sulfonamides is 2. The molecule has 1 fully saturated rings. The molecule has 1 aromatic carbocycles. The SMILES string of the molecule is CCN(CC)C(C)(C)CNS(=O)(=O)c1ccc(N2C(=O)CCS2(=O)=O)cc1C. The van der Waals surface area contributed by atoms with Crippen LogP contribution >= 0.6 is 0 Å². The molecular formula is C18H29N3O5S2. The van der Waals surface area contributed by atoms with E-state index in [0.717, 1.165) is 17.4 Å². The Balaban J connectivity index is 2.27. The minimum absolute atomic E-state index is 0.0654. The van der Waals surface area contributed by atoms with E-state index in [1.807, 2.05) is 27.7 Å². The van der Waals surface area contributed by atoms with Crippen molar-refractivity contribution in [3.05, 3.63) is 23.8 Å². The zero-order valence-electron chi connectivity index (χ0n) is 17.0. The molecule has 10 heteroatoms. The van der Waals surface area contributed by atoms with Crippen LogP contribution in [-0.2, 0) is 24.8 Å². The number of rotatable bonds is 8. The summed E-state index contributed by atoms with van der Waals surface area (Å²) >= 11 is 0. The number of nitrogens with one attached hydrogen (secondary N) is 1. The van der Waals surface area contributed by atoms with Gasteiger partial charge in [-0.15, -0.1) is 0 Å². The van der Waals surface area contributed by atoms with Crippen LogP contribution in [0.2, 0.25) is 0 Å². The number of nitrogens with zero attached hydrogens (tertiary/aromatic N) is 2. The summed E-state index contributed by atoms with van der Waals surface area (Å²) < 4.78 is 53.1. The van der Waals surface area contributed by atoms with E-state index in [-0.39, 0.29) is 34.8 Å². The highest BCUT2D eigenvalue weighted by atomic mass is 32.2. The highest BCUT2D eigenvalue weighted by Crippen LogP contribution is 2.28. The number of likely N-dealkylation sites (N-methyl/N-ethyl adjacent to an activating group) is 1. The topological polar surface area (TPSA) is 104 Å². The lowest BCUT2D eigenvalue weighted by Crippen LogP contribution is -2.51. The third-order valence-corrected chi connectivity index (χ3v) is 8.33. The van der Waals surface area contributed by atoms with Crippen molar-refractivity contribution in [2.45, 2.75) is 51.5 Å². The third-order valence-electron chi connectivity index (χ3n) is 5.08. The van der Waals surface area contributed by atoms with Gasteiger partial charge in [0.05, 0.1) is 16.3 Å². The number of carbonyl (C=O) groups is 1. The molecule has 158 valence electrons. The zero-order chi connectivity index (χ0) is 21.3. The van der Waals surface area contributed by atoms with E-state index in [0.29, 0.717) is 5.56 Å². The molecule has 0 aliphatic carbocycles. The van der Waals surface area contributed by atoms with Gasteiger partial charge in [-0.25, -0.2) is 25.9 Å². The van der Waals surface area contributed by atoms with Crippen LogP contribution in [0.5, 0.6) is 0 Å². The number of aryl methyl sites for hydroxylation is 1. The first-order chi connectivity index (χ1) is 12.9. The lowest BCUT2D eigenvalue weighted by Gasteiger charge is -2.37. The molecule has 1 heterocycles. The highest BCUT2D eigenvalue weighted by Gasteiger charge is 2.36. The smallest absolute Gasteiger partial charge is 0.242 e. The minimum Gasteiger partial charge on any atom is -0.297 e. The van der Waals surface area contributed by atoms with Gasteiger partial charge in [-0.05, 0) is 57.6 Å². The van der Waals surface area contributed by atoms with E-state index < -0.39 is 26.0 Å². The van der Waals surface area contributed by atoms with Crippen molar-refractivity contribution < 1.29 is 21.6 Å². The quantitative estimate of drug-likeness (QED) is 0.668. The minimum atomic E-state index is -3.79. The average molecular weight is 432 g/mol. The van der Waals surface area contributed by atoms with E-state index in [4.69, 9.17) is 0 Å². The van der Waals surface area contributed by atoms with E-state index in [9.17, 15) is 21.6 Å². The van der Waals surface area contributed by atoms with Crippen molar-refractivity contribution in [1.29, 1.82) is 0 Å². The molecule has 1 aliphatic rings. The Hall–Kier alpha value is -1.49. The molecule has 0 aromatic heterocycles. The summed E-state index contributed by atoms with van der Waals surface area (Å²) in [4.78, 5) is 14.2. The highest BCUT2D eigenvalue weighted by molar-refractivity contribution is 7.94. The van der Waals surface area contributed by atoms with Gasteiger partial charge in [0.25, 0.3) is 0 Å². The van der Waals surface area contributed by atoms with Crippen LogP contribution in [0.3, 0.4) is 0 Å². The van der Waals surface area contributed by atoms with E-state index in [2.05, 4.69) is 9.62 Å². The van der Waals surface area contributed by atoms with Crippen LogP contribution in [-0.4, -0.2) is 58.6 Å². The molecule has 1 amide bonds. The maximum Gasteiger partial charge on any atom is 0.242 e. The van der Waals surface area contributed by atoms with Crippen LogP contribution in [0.1, 0.15) is 39.7 Å². The Labute approximate surface area is 168 Å². The van der Waals surface area contributed by atoms with Gasteiger partial charge in [-0.3, -0.25) is 9.69 Å². The molecule has 1 aliphatic heterocycles. The van der Waals surface area contributed by atoms with Gasteiger partial charge < -0.3 is 0 Å². The molecule has 2 rings (SSSR count). The van der Waals surface area contributed by atoms with E-state index in [1.165, 1.54) is 18.2 Å². The number of benzene rings is 1. The Kier molecular flexibility index (Phi) is 6.59. The normalized spacial score (nSPS) is 17.5. The number of anilines is 1. The Bertz CT molecular complexity index is 951. The van der Waals surface area contributed by atoms with Crippen LogP contribution in [0, 0.1) is 6.92 Å². The standard InChI is InChI=1S/C18H29N3O5S2/c1-6-20(7-2)18(4,5)13-19-28(25,26)16-9-8-15(12-14(16)3)21-17(22)10-11-27(21,23)24/h8-9,12,19H,6-7,10-11,13H2,1-5H3. The van der Waals surface area contributed by atoms with Crippen LogP contribution < -0.4 is 9.03 Å². The molecule has 0 unspecified atom stereocenters. The maximum absolute atomic E-state index is 12.8. The Morgan fingerprint density at radius 3 is 2.29 bits per heavy atom. The monoisotopic (exact) mass is 431 g/mol. The van der Waals surface area contributed by atoms with Crippen molar-refractivity contribution in [2.75, 3.05) is 29.7 Å². The molecule has 0 atom stereocenters. The van der Waals surface area contributed by atoms with Crippen LogP contribution in [0.4, 0.5) is 5.69 Å². The molecule has 0 bridgehead atoms. The predicted octanol–water partition coefficient (Wildman–Crippen LogP) is 1.46. The Morgan fingerprint density at radius 2 is 1.82 bits per heavy atom. The summed E-state index contributed by atoms with van der Waals surface area (Å²) in [6, 6.07) is 4.13. The van der Waals surface area contributed by atoms with E-state index >= 15 is 0 Å². The fraction of sp³-hybridized carbons (Fsp3) is 0.611. The average Bonchev–Trinajstić information content (AvgIpc) is 2.86. The van der Waals surface area contributed by atoms with Crippen LogP contribution in [0.15, 0.2) is 23.1 Å². The molecule has 28 heavy (non-hydrogen) atoms. The van der Waals surface area contributed by atoms with Gasteiger partial charge in [-0.2, -0.15) is 0 Å². The molecule has 0 spiro atoms. The summed E-state index contributed by atoms with van der Waals surface area (Å²) in [7, 11) is -7.47. The molecule has 0 radical (unpaired) electrons.